The first-order chi connectivity index (χ1) is 20.7. The molecule has 0 N–H and O–H groups in total. The highest BCUT2D eigenvalue weighted by Gasteiger charge is 2.35. The minimum Gasteiger partial charge on any atom is -0.480 e. The Bertz CT molecular complexity index is 1640. The maximum Gasteiger partial charge on any atom is 0.434 e. The number of ether oxygens (including phenoxy) is 2. The van der Waals surface area contributed by atoms with E-state index >= 15 is 0 Å². The third-order valence-electron chi connectivity index (χ3n) is 8.17. The van der Waals surface area contributed by atoms with Crippen LogP contribution in [0, 0.1) is 5.92 Å². The summed E-state index contributed by atoms with van der Waals surface area (Å²) in [6.07, 6.45) is 8.35. The van der Waals surface area contributed by atoms with Crippen molar-refractivity contribution in [3.8, 4) is 34.5 Å². The second-order valence-electron chi connectivity index (χ2n) is 11.2. The fraction of sp³-hybridized carbons (Fsp3) is 0.406. The first-order valence-corrected chi connectivity index (χ1v) is 14.5. The number of hydrogen-bond acceptors (Lipinski definition) is 7. The Labute approximate surface area is 248 Å². The lowest BCUT2D eigenvalue weighted by atomic mass is 9.86. The highest BCUT2D eigenvalue weighted by atomic mass is 19.4. The number of benzene rings is 1. The predicted octanol–water partition coefficient (Wildman–Crippen LogP) is 7.41. The minimum atomic E-state index is -4.50. The minimum absolute atomic E-state index is 0.209. The van der Waals surface area contributed by atoms with Crippen LogP contribution >= 0.6 is 0 Å². The normalized spacial score (nSPS) is 17.1. The van der Waals surface area contributed by atoms with Crippen LogP contribution in [-0.2, 0) is 19.8 Å². The lowest BCUT2D eigenvalue weighted by Crippen LogP contribution is -2.08. The molecule has 8 nitrogen and oxygen atoms in total. The van der Waals surface area contributed by atoms with Crippen molar-refractivity contribution in [3.05, 3.63) is 71.6 Å². The molecule has 0 spiro atoms. The van der Waals surface area contributed by atoms with E-state index in [-0.39, 0.29) is 12.4 Å². The standard InChI is InChI=1S/C32H33F3N6O2/c1-4-19-5-9-21(10-6-19)24-15-36-28(26-27(22-13-14-22)37-18-38-31(26)42-3)40-30(24)43-17-20-7-11-23(12-8-20)29-39-25(16-41(29)2)32(33,34)35/h7-9,11-12,15-16,18-19,22H,4-6,10,13-14,17H2,1-3H3. The highest BCUT2D eigenvalue weighted by Crippen LogP contribution is 2.45. The van der Waals surface area contributed by atoms with Gasteiger partial charge in [-0.25, -0.2) is 19.9 Å². The third-order valence-corrected chi connectivity index (χ3v) is 8.17. The molecule has 1 aromatic carbocycles. The van der Waals surface area contributed by atoms with Gasteiger partial charge in [0.2, 0.25) is 11.8 Å². The molecule has 11 heteroatoms. The molecule has 1 unspecified atom stereocenters. The summed E-state index contributed by atoms with van der Waals surface area (Å²) in [7, 11) is 3.12. The van der Waals surface area contributed by atoms with Crippen molar-refractivity contribution in [2.24, 2.45) is 13.0 Å². The Morgan fingerprint density at radius 1 is 1.00 bits per heavy atom. The number of halogens is 3. The molecule has 1 fully saturated rings. The van der Waals surface area contributed by atoms with E-state index in [2.05, 4.69) is 28.0 Å². The fourth-order valence-electron chi connectivity index (χ4n) is 5.51. The quantitative estimate of drug-likeness (QED) is 0.201. The van der Waals surface area contributed by atoms with E-state index < -0.39 is 11.9 Å². The monoisotopic (exact) mass is 590 g/mol. The zero-order chi connectivity index (χ0) is 30.1. The van der Waals surface area contributed by atoms with Gasteiger partial charge in [0, 0.05) is 30.9 Å². The maximum atomic E-state index is 13.2. The van der Waals surface area contributed by atoms with Crippen LogP contribution in [0.25, 0.3) is 28.3 Å². The molecule has 4 aromatic rings. The Kier molecular flexibility index (Phi) is 7.89. The smallest absolute Gasteiger partial charge is 0.434 e. The number of rotatable bonds is 9. The molecule has 3 aromatic heterocycles. The second kappa shape index (κ2) is 11.8. The van der Waals surface area contributed by atoms with Crippen molar-refractivity contribution >= 4 is 5.57 Å². The number of alkyl halides is 3. The summed E-state index contributed by atoms with van der Waals surface area (Å²) in [6.45, 7) is 2.43. The molecule has 3 heterocycles. The molecule has 0 radical (unpaired) electrons. The van der Waals surface area contributed by atoms with Crippen molar-refractivity contribution in [1.29, 1.82) is 0 Å². The molecule has 6 rings (SSSR count). The van der Waals surface area contributed by atoms with Crippen LogP contribution in [0.2, 0.25) is 0 Å². The first-order valence-electron chi connectivity index (χ1n) is 14.5. The van der Waals surface area contributed by atoms with Gasteiger partial charge in [-0.05, 0) is 49.2 Å². The number of hydrogen-bond donors (Lipinski definition) is 0. The molecule has 0 saturated heterocycles. The van der Waals surface area contributed by atoms with Gasteiger partial charge in [-0.3, -0.25) is 0 Å². The lowest BCUT2D eigenvalue weighted by molar-refractivity contribution is -0.140. The third kappa shape index (κ3) is 6.11. The van der Waals surface area contributed by atoms with Crippen LogP contribution in [0.3, 0.4) is 0 Å². The maximum absolute atomic E-state index is 13.2. The fourth-order valence-corrected chi connectivity index (χ4v) is 5.51. The van der Waals surface area contributed by atoms with E-state index in [1.54, 1.807) is 26.3 Å². The summed E-state index contributed by atoms with van der Waals surface area (Å²) in [5.41, 5.74) is 4.08. The van der Waals surface area contributed by atoms with E-state index in [4.69, 9.17) is 19.4 Å². The van der Waals surface area contributed by atoms with Gasteiger partial charge in [0.15, 0.2) is 11.5 Å². The molecule has 0 bridgehead atoms. The van der Waals surface area contributed by atoms with Crippen molar-refractivity contribution < 1.29 is 22.6 Å². The van der Waals surface area contributed by atoms with Crippen LogP contribution < -0.4 is 9.47 Å². The molecule has 0 amide bonds. The van der Waals surface area contributed by atoms with Gasteiger partial charge >= 0.3 is 6.18 Å². The van der Waals surface area contributed by atoms with Crippen LogP contribution in [0.15, 0.2) is 49.1 Å². The van der Waals surface area contributed by atoms with Crippen molar-refractivity contribution in [1.82, 2.24) is 29.5 Å². The van der Waals surface area contributed by atoms with E-state index in [1.807, 2.05) is 18.3 Å². The number of nitrogens with zero attached hydrogens (tertiary/aromatic N) is 6. The van der Waals surface area contributed by atoms with Crippen LogP contribution in [-0.4, -0.2) is 36.6 Å². The van der Waals surface area contributed by atoms with Crippen LogP contribution in [0.1, 0.15) is 73.9 Å². The van der Waals surface area contributed by atoms with Crippen molar-refractivity contribution in [2.75, 3.05) is 7.11 Å². The molecule has 1 atom stereocenters. The Hall–Kier alpha value is -4.28. The first kappa shape index (κ1) is 28.8. The average Bonchev–Trinajstić information content (AvgIpc) is 3.79. The van der Waals surface area contributed by atoms with E-state index in [0.29, 0.717) is 40.5 Å². The molecule has 1 saturated carbocycles. The molecular weight excluding hydrogens is 557 g/mol. The molecule has 2 aliphatic carbocycles. The van der Waals surface area contributed by atoms with Gasteiger partial charge in [0.05, 0.1) is 18.4 Å². The van der Waals surface area contributed by atoms with E-state index in [1.165, 1.54) is 10.9 Å². The Balaban J connectivity index is 1.30. The van der Waals surface area contributed by atoms with Crippen LogP contribution in [0.4, 0.5) is 13.2 Å². The van der Waals surface area contributed by atoms with Gasteiger partial charge in [-0.1, -0.05) is 43.7 Å². The van der Waals surface area contributed by atoms with Gasteiger partial charge in [0.25, 0.3) is 0 Å². The number of methoxy groups -OCH3 is 1. The summed E-state index contributed by atoms with van der Waals surface area (Å²) >= 11 is 0. The molecule has 0 aliphatic heterocycles. The topological polar surface area (TPSA) is 87.8 Å². The summed E-state index contributed by atoms with van der Waals surface area (Å²) < 4.78 is 52.8. The summed E-state index contributed by atoms with van der Waals surface area (Å²) in [5, 5.41) is 0. The highest BCUT2D eigenvalue weighted by molar-refractivity contribution is 5.72. The molecule has 2 aliphatic rings. The SMILES string of the molecule is CCC1CC=C(c2cnc(-c3c(OC)ncnc3C3CC3)nc2OCc2ccc(-c3nc(C(F)(F)F)cn3C)cc2)CC1. The van der Waals surface area contributed by atoms with Crippen LogP contribution in [0.5, 0.6) is 11.8 Å². The van der Waals surface area contributed by atoms with Gasteiger partial charge in [-0.2, -0.15) is 18.2 Å². The van der Waals surface area contributed by atoms with Crippen molar-refractivity contribution in [2.45, 2.75) is 64.1 Å². The molecule has 43 heavy (non-hydrogen) atoms. The van der Waals surface area contributed by atoms with E-state index in [9.17, 15) is 13.2 Å². The zero-order valence-corrected chi connectivity index (χ0v) is 24.4. The second-order valence-corrected chi connectivity index (χ2v) is 11.2. The number of allylic oxidation sites excluding steroid dienone is 2. The molecule has 224 valence electrons. The summed E-state index contributed by atoms with van der Waals surface area (Å²) in [6, 6.07) is 7.14. The van der Waals surface area contributed by atoms with Gasteiger partial charge < -0.3 is 14.0 Å². The largest absolute Gasteiger partial charge is 0.480 e. The zero-order valence-electron chi connectivity index (χ0n) is 24.4. The summed E-state index contributed by atoms with van der Waals surface area (Å²) in [4.78, 5) is 22.3. The van der Waals surface area contributed by atoms with Gasteiger partial charge in [-0.15, -0.1) is 0 Å². The van der Waals surface area contributed by atoms with Gasteiger partial charge in [0.1, 0.15) is 24.3 Å². The number of aromatic nitrogens is 6. The number of aryl methyl sites for hydroxylation is 1. The summed E-state index contributed by atoms with van der Waals surface area (Å²) in [5.74, 6) is 2.58. The predicted molar refractivity (Wildman–Crippen MR) is 155 cm³/mol. The average molecular weight is 591 g/mol. The lowest BCUT2D eigenvalue weighted by Gasteiger charge is -2.22. The van der Waals surface area contributed by atoms with E-state index in [0.717, 1.165) is 67.1 Å². The molecular formula is C32H33F3N6O2. The number of imidazole rings is 1. The van der Waals surface area contributed by atoms with Crippen molar-refractivity contribution in [3.63, 3.8) is 0 Å². The Morgan fingerprint density at radius 3 is 2.42 bits per heavy atom. The Morgan fingerprint density at radius 2 is 1.79 bits per heavy atom.